The van der Waals surface area contributed by atoms with E-state index in [2.05, 4.69) is 5.32 Å². The van der Waals surface area contributed by atoms with Crippen LogP contribution in [0, 0.1) is 0 Å². The predicted molar refractivity (Wildman–Crippen MR) is 64.4 cm³/mol. The number of carbonyl (C=O) groups excluding carboxylic acids is 1. The molecule has 6 heteroatoms. The molecule has 1 fully saturated rings. The maximum absolute atomic E-state index is 11.5. The number of ether oxygens (including phenoxy) is 2. The van der Waals surface area contributed by atoms with Crippen LogP contribution in [0.4, 0.5) is 4.79 Å². The van der Waals surface area contributed by atoms with Crippen molar-refractivity contribution in [3.05, 3.63) is 0 Å². The number of hydrogen-bond acceptors (Lipinski definition) is 4. The van der Waals surface area contributed by atoms with Gasteiger partial charge in [-0.1, -0.05) is 0 Å². The molecule has 0 aromatic carbocycles. The summed E-state index contributed by atoms with van der Waals surface area (Å²) in [5.74, 6) is -1.07. The molecule has 0 bridgehead atoms. The van der Waals surface area contributed by atoms with E-state index in [1.807, 2.05) is 0 Å². The highest BCUT2D eigenvalue weighted by atomic mass is 16.6. The maximum atomic E-state index is 11.5. The monoisotopic (exact) mass is 259 g/mol. The van der Waals surface area contributed by atoms with Crippen LogP contribution in [0.25, 0.3) is 0 Å². The lowest BCUT2D eigenvalue weighted by Crippen LogP contribution is -2.45. The maximum Gasteiger partial charge on any atom is 0.408 e. The van der Waals surface area contributed by atoms with E-state index in [4.69, 9.17) is 14.6 Å². The number of amides is 1. The zero-order valence-electron chi connectivity index (χ0n) is 11.1. The summed E-state index contributed by atoms with van der Waals surface area (Å²) >= 11 is 0. The van der Waals surface area contributed by atoms with E-state index < -0.39 is 23.7 Å². The fraction of sp³-hybridized carbons (Fsp3) is 0.833. The molecule has 104 valence electrons. The van der Waals surface area contributed by atoms with Gasteiger partial charge in [0.05, 0.1) is 6.10 Å². The van der Waals surface area contributed by atoms with Crippen LogP contribution < -0.4 is 5.32 Å². The largest absolute Gasteiger partial charge is 0.480 e. The second kappa shape index (κ2) is 6.04. The highest BCUT2D eigenvalue weighted by molar-refractivity contribution is 5.80. The number of aliphatic carboxylic acids is 1. The van der Waals surface area contributed by atoms with Gasteiger partial charge < -0.3 is 19.9 Å². The van der Waals surface area contributed by atoms with Gasteiger partial charge in [0.2, 0.25) is 0 Å². The zero-order valence-corrected chi connectivity index (χ0v) is 11.1. The first-order valence-electron chi connectivity index (χ1n) is 6.12. The van der Waals surface area contributed by atoms with Gasteiger partial charge in [-0.25, -0.2) is 9.59 Å². The molecule has 18 heavy (non-hydrogen) atoms. The lowest BCUT2D eigenvalue weighted by atomic mass is 10.1. The lowest BCUT2D eigenvalue weighted by molar-refractivity contribution is -0.140. The van der Waals surface area contributed by atoms with E-state index in [0.717, 1.165) is 12.8 Å². The number of carboxylic acid groups (broad SMARTS) is 1. The summed E-state index contributed by atoms with van der Waals surface area (Å²) in [7, 11) is 0. The second-order valence-electron chi connectivity index (χ2n) is 5.41. The number of alkyl carbamates (subject to hydrolysis) is 1. The van der Waals surface area contributed by atoms with E-state index in [-0.39, 0.29) is 12.5 Å². The molecule has 6 nitrogen and oxygen atoms in total. The fourth-order valence-corrected chi connectivity index (χ4v) is 1.76. The molecule has 1 aliphatic rings. The number of hydrogen-bond donors (Lipinski definition) is 2. The van der Waals surface area contributed by atoms with E-state index >= 15 is 0 Å². The average molecular weight is 259 g/mol. The second-order valence-corrected chi connectivity index (χ2v) is 5.41. The van der Waals surface area contributed by atoms with Gasteiger partial charge >= 0.3 is 12.1 Å². The van der Waals surface area contributed by atoms with Crippen molar-refractivity contribution in [3.8, 4) is 0 Å². The molecule has 1 aliphatic heterocycles. The summed E-state index contributed by atoms with van der Waals surface area (Å²) in [5.41, 5.74) is -0.642. The van der Waals surface area contributed by atoms with E-state index in [0.29, 0.717) is 6.61 Å². The average Bonchev–Trinajstić information content (AvgIpc) is 2.66. The van der Waals surface area contributed by atoms with Crippen LogP contribution in [0.15, 0.2) is 0 Å². The van der Waals surface area contributed by atoms with Crippen molar-refractivity contribution < 1.29 is 24.2 Å². The first-order valence-corrected chi connectivity index (χ1v) is 6.12. The molecular weight excluding hydrogens is 238 g/mol. The third kappa shape index (κ3) is 5.35. The Morgan fingerprint density at radius 2 is 2.17 bits per heavy atom. The van der Waals surface area contributed by atoms with Crippen LogP contribution >= 0.6 is 0 Å². The minimum Gasteiger partial charge on any atom is -0.480 e. The van der Waals surface area contributed by atoms with Gasteiger partial charge in [0, 0.05) is 13.0 Å². The molecule has 2 atom stereocenters. The summed E-state index contributed by atoms with van der Waals surface area (Å²) in [4.78, 5) is 22.6. The van der Waals surface area contributed by atoms with Gasteiger partial charge in [0.1, 0.15) is 11.6 Å². The summed E-state index contributed by atoms with van der Waals surface area (Å²) in [5, 5.41) is 11.4. The van der Waals surface area contributed by atoms with E-state index in [1.54, 1.807) is 20.8 Å². The molecule has 1 amide bonds. The third-order valence-electron chi connectivity index (χ3n) is 2.51. The van der Waals surface area contributed by atoms with Gasteiger partial charge in [-0.3, -0.25) is 0 Å². The third-order valence-corrected chi connectivity index (χ3v) is 2.51. The first-order chi connectivity index (χ1) is 8.28. The van der Waals surface area contributed by atoms with Crippen LogP contribution in [0.5, 0.6) is 0 Å². The van der Waals surface area contributed by atoms with Gasteiger partial charge in [0.15, 0.2) is 0 Å². The summed E-state index contributed by atoms with van der Waals surface area (Å²) in [6.07, 6.45) is 1.23. The summed E-state index contributed by atoms with van der Waals surface area (Å²) < 4.78 is 10.4. The summed E-state index contributed by atoms with van der Waals surface area (Å²) in [6, 6.07) is -0.969. The van der Waals surface area contributed by atoms with E-state index in [9.17, 15) is 9.59 Å². The Balaban J connectivity index is 2.46. The van der Waals surface area contributed by atoms with Gasteiger partial charge in [-0.05, 0) is 33.6 Å². The van der Waals surface area contributed by atoms with Crippen molar-refractivity contribution in [3.63, 3.8) is 0 Å². The highest BCUT2D eigenvalue weighted by Crippen LogP contribution is 2.17. The van der Waals surface area contributed by atoms with Crippen molar-refractivity contribution in [1.29, 1.82) is 0 Å². The molecule has 0 aromatic heterocycles. The molecule has 1 heterocycles. The Kier molecular flexibility index (Phi) is 4.95. The van der Waals surface area contributed by atoms with E-state index in [1.165, 1.54) is 0 Å². The Labute approximate surface area is 107 Å². The summed E-state index contributed by atoms with van der Waals surface area (Å²) in [6.45, 7) is 5.83. The predicted octanol–water partition coefficient (Wildman–Crippen LogP) is 1.53. The molecule has 0 spiro atoms. The van der Waals surface area contributed by atoms with Gasteiger partial charge in [-0.15, -0.1) is 0 Å². The topological polar surface area (TPSA) is 84.9 Å². The quantitative estimate of drug-likeness (QED) is 0.799. The van der Waals surface area contributed by atoms with Crippen LogP contribution in [0.1, 0.15) is 40.0 Å². The van der Waals surface area contributed by atoms with Crippen LogP contribution in [0.3, 0.4) is 0 Å². The van der Waals surface area contributed by atoms with Crippen LogP contribution in [0.2, 0.25) is 0 Å². The fourth-order valence-electron chi connectivity index (χ4n) is 1.76. The van der Waals surface area contributed by atoms with Crippen molar-refractivity contribution in [2.24, 2.45) is 0 Å². The highest BCUT2D eigenvalue weighted by Gasteiger charge is 2.28. The Hall–Kier alpha value is -1.30. The molecule has 1 rings (SSSR count). The zero-order chi connectivity index (χ0) is 13.8. The molecule has 0 saturated carbocycles. The first kappa shape index (κ1) is 14.8. The Morgan fingerprint density at radius 3 is 2.61 bits per heavy atom. The number of carbonyl (C=O) groups is 2. The minimum atomic E-state index is -1.07. The van der Waals surface area contributed by atoms with Crippen molar-refractivity contribution >= 4 is 12.1 Å². The molecule has 0 aliphatic carbocycles. The van der Waals surface area contributed by atoms with Crippen LogP contribution in [-0.4, -0.2) is 41.5 Å². The van der Waals surface area contributed by atoms with Gasteiger partial charge in [0.25, 0.3) is 0 Å². The Morgan fingerprint density at radius 1 is 1.50 bits per heavy atom. The molecule has 0 radical (unpaired) electrons. The molecular formula is C12H21NO5. The number of nitrogens with one attached hydrogen (secondary N) is 1. The van der Waals surface area contributed by atoms with Crippen LogP contribution in [-0.2, 0) is 14.3 Å². The molecule has 2 unspecified atom stereocenters. The lowest BCUT2D eigenvalue weighted by Gasteiger charge is -2.23. The SMILES string of the molecule is CC(C)(C)OC(=O)NC(CC1CCCO1)C(=O)O. The van der Waals surface area contributed by atoms with Gasteiger partial charge in [-0.2, -0.15) is 0 Å². The minimum absolute atomic E-state index is 0.0963. The molecule has 1 saturated heterocycles. The number of carboxylic acids is 1. The standard InChI is InChI=1S/C12H21NO5/c1-12(2,3)18-11(16)13-9(10(14)15)7-8-5-4-6-17-8/h8-9H,4-7H2,1-3H3,(H,13,16)(H,14,15). The Bertz CT molecular complexity index is 304. The van der Waals surface area contributed by atoms with Crippen molar-refractivity contribution in [1.82, 2.24) is 5.32 Å². The normalized spacial score (nSPS) is 21.4. The number of rotatable bonds is 4. The van der Waals surface area contributed by atoms with Crippen molar-refractivity contribution in [2.75, 3.05) is 6.61 Å². The van der Waals surface area contributed by atoms with Crippen molar-refractivity contribution in [2.45, 2.75) is 57.8 Å². The smallest absolute Gasteiger partial charge is 0.408 e. The molecule has 2 N–H and O–H groups in total. The molecule has 0 aromatic rings.